The summed E-state index contributed by atoms with van der Waals surface area (Å²) in [4.78, 5) is 0. The second kappa shape index (κ2) is 17.2. The van der Waals surface area contributed by atoms with Gasteiger partial charge in [0.15, 0.2) is 0 Å². The molecule has 0 unspecified atom stereocenters. The molecule has 0 rings (SSSR count). The van der Waals surface area contributed by atoms with Crippen LogP contribution in [-0.2, 0) is 0 Å². The Balaban J connectivity index is -0.000000218. The second-order valence-corrected chi connectivity index (χ2v) is 1.53. The van der Waals surface area contributed by atoms with E-state index in [4.69, 9.17) is 10.2 Å². The molecule has 0 aromatic carbocycles. The van der Waals surface area contributed by atoms with Crippen molar-refractivity contribution < 1.29 is 10.2 Å². The molecule has 0 amide bonds. The summed E-state index contributed by atoms with van der Waals surface area (Å²) in [6.07, 6.45) is 2.98. The lowest BCUT2D eigenvalue weighted by molar-refractivity contribution is 0.315. The van der Waals surface area contributed by atoms with Crippen LogP contribution in [0.2, 0.25) is 0 Å². The molecule has 2 nitrogen and oxygen atoms in total. The number of hydrogen-bond acceptors (Lipinski definition) is 2. The molecular weight excluding hydrogens is 164 g/mol. The smallest absolute Gasteiger partial charge is 0.113 e. The fourth-order valence-corrected chi connectivity index (χ4v) is 0.382. The lowest BCUT2D eigenvalue weighted by Gasteiger charge is -1.96. The Morgan fingerprint density at radius 3 is 1.69 bits per heavy atom. The summed E-state index contributed by atoms with van der Waals surface area (Å²) >= 11 is 0. The summed E-state index contributed by atoms with van der Waals surface area (Å²) < 4.78 is 0. The molecule has 13 heavy (non-hydrogen) atoms. The minimum absolute atomic E-state index is 0.114. The summed E-state index contributed by atoms with van der Waals surface area (Å²) in [5, 5.41) is 17.2. The molecule has 2 heteroatoms. The summed E-state index contributed by atoms with van der Waals surface area (Å²) in [5.41, 5.74) is 0.394. The first-order valence-corrected chi connectivity index (χ1v) is 4.53. The van der Waals surface area contributed by atoms with Crippen LogP contribution in [0.5, 0.6) is 0 Å². The Bertz CT molecular complexity index is 146. The van der Waals surface area contributed by atoms with Crippen LogP contribution in [0.4, 0.5) is 0 Å². The largest absolute Gasteiger partial charge is 0.508 e. The number of allylic oxidation sites excluding steroid dienone is 2. The van der Waals surface area contributed by atoms with Gasteiger partial charge in [0.2, 0.25) is 0 Å². The number of aliphatic hydroxyl groups is 2. The van der Waals surface area contributed by atoms with E-state index in [2.05, 4.69) is 13.2 Å². The van der Waals surface area contributed by atoms with E-state index < -0.39 is 0 Å². The van der Waals surface area contributed by atoms with Crippen molar-refractivity contribution in [3.63, 3.8) is 0 Å². The molecule has 0 aromatic rings. The minimum Gasteiger partial charge on any atom is -0.508 e. The third-order valence-electron chi connectivity index (χ3n) is 0.860. The highest BCUT2D eigenvalue weighted by atomic mass is 16.3. The van der Waals surface area contributed by atoms with Crippen molar-refractivity contribution in [2.75, 3.05) is 6.61 Å². The molecule has 78 valence electrons. The van der Waals surface area contributed by atoms with Gasteiger partial charge in [0, 0.05) is 5.57 Å². The average molecular weight is 186 g/mol. The van der Waals surface area contributed by atoms with E-state index in [1.807, 2.05) is 27.7 Å². The predicted octanol–water partition coefficient (Wildman–Crippen LogP) is 3.22. The first-order chi connectivity index (χ1) is 6.22. The van der Waals surface area contributed by atoms with Crippen molar-refractivity contribution in [2.24, 2.45) is 0 Å². The summed E-state index contributed by atoms with van der Waals surface area (Å²) in [6.45, 7) is 14.4. The highest BCUT2D eigenvalue weighted by Gasteiger charge is 1.94. The van der Waals surface area contributed by atoms with Crippen LogP contribution in [0.25, 0.3) is 0 Å². The highest BCUT2D eigenvalue weighted by Crippen LogP contribution is 2.01. The van der Waals surface area contributed by atoms with E-state index >= 15 is 0 Å². The van der Waals surface area contributed by atoms with Crippen LogP contribution >= 0.6 is 0 Å². The van der Waals surface area contributed by atoms with Gasteiger partial charge in [0.05, 0.1) is 6.61 Å². The minimum atomic E-state index is -0.207. The summed E-state index contributed by atoms with van der Waals surface area (Å²) in [6, 6.07) is 0. The number of rotatable bonds is 3. The quantitative estimate of drug-likeness (QED) is 0.525. The maximum Gasteiger partial charge on any atom is 0.113 e. The summed E-state index contributed by atoms with van der Waals surface area (Å²) in [7, 11) is 0. The molecule has 0 aromatic heterocycles. The number of hydrogen-bond donors (Lipinski definition) is 2. The van der Waals surface area contributed by atoms with Gasteiger partial charge in [-0.2, -0.15) is 0 Å². The Morgan fingerprint density at radius 1 is 1.23 bits per heavy atom. The molecule has 0 heterocycles. The molecule has 0 fully saturated rings. The Morgan fingerprint density at radius 2 is 1.62 bits per heavy atom. The highest BCUT2D eigenvalue weighted by molar-refractivity contribution is 5.25. The lowest BCUT2D eigenvalue weighted by atomic mass is 10.2. The third kappa shape index (κ3) is 13.9. The van der Waals surface area contributed by atoms with Gasteiger partial charge in [-0.1, -0.05) is 53.0 Å². The molecule has 0 saturated heterocycles. The topological polar surface area (TPSA) is 40.5 Å². The van der Waals surface area contributed by atoms with E-state index in [0.29, 0.717) is 5.57 Å². The number of aliphatic hydroxyl groups excluding tert-OH is 2. The zero-order valence-corrected chi connectivity index (χ0v) is 9.17. The normalized spacial score (nSPS) is 8.54. The third-order valence-corrected chi connectivity index (χ3v) is 0.860. The van der Waals surface area contributed by atoms with E-state index in [1.165, 1.54) is 12.2 Å². The van der Waals surface area contributed by atoms with Gasteiger partial charge in [0.1, 0.15) is 5.76 Å². The van der Waals surface area contributed by atoms with Gasteiger partial charge >= 0.3 is 0 Å². The molecule has 0 saturated carbocycles. The first-order valence-electron chi connectivity index (χ1n) is 4.53. The molecule has 0 radical (unpaired) electrons. The molecule has 0 aliphatic rings. The fraction of sp³-hybridized carbons (Fsp3) is 0.455. The Kier molecular flexibility index (Phi) is 23.7. The molecule has 0 aliphatic heterocycles. The molecule has 0 aliphatic carbocycles. The predicted molar refractivity (Wildman–Crippen MR) is 59.8 cm³/mol. The average Bonchev–Trinajstić information content (AvgIpc) is 2.20. The van der Waals surface area contributed by atoms with Gasteiger partial charge in [0.25, 0.3) is 0 Å². The van der Waals surface area contributed by atoms with Crippen LogP contribution in [0.3, 0.4) is 0 Å². The van der Waals surface area contributed by atoms with Crippen LogP contribution in [0, 0.1) is 0 Å². The van der Waals surface area contributed by atoms with Gasteiger partial charge in [-0.3, -0.25) is 0 Å². The van der Waals surface area contributed by atoms with Gasteiger partial charge < -0.3 is 10.2 Å². The molecular formula is C11H22O2. The van der Waals surface area contributed by atoms with E-state index in [9.17, 15) is 0 Å². The lowest BCUT2D eigenvalue weighted by Crippen LogP contribution is -1.91. The van der Waals surface area contributed by atoms with Crippen LogP contribution in [0.1, 0.15) is 27.7 Å². The van der Waals surface area contributed by atoms with Crippen molar-refractivity contribution in [3.8, 4) is 0 Å². The fourth-order valence-electron chi connectivity index (χ4n) is 0.382. The van der Waals surface area contributed by atoms with Crippen molar-refractivity contribution >= 4 is 0 Å². The van der Waals surface area contributed by atoms with Crippen LogP contribution < -0.4 is 0 Å². The molecule has 0 bridgehead atoms. The van der Waals surface area contributed by atoms with Gasteiger partial charge in [-0.05, 0) is 0 Å². The Labute approximate surface area is 81.9 Å². The van der Waals surface area contributed by atoms with Crippen molar-refractivity contribution in [1.82, 2.24) is 0 Å². The van der Waals surface area contributed by atoms with Crippen molar-refractivity contribution in [1.29, 1.82) is 0 Å². The first kappa shape index (κ1) is 17.9. The van der Waals surface area contributed by atoms with E-state index in [0.717, 1.165) is 0 Å². The maximum absolute atomic E-state index is 8.67. The standard InChI is InChI=1S/C7H10O2.2C2H6/c1-3-4-7(5-8)6(2)9;2*1-2/h3-4,8-9H,1-2,5H2;2*1-2H3/b7-4-;;. The van der Waals surface area contributed by atoms with E-state index in [1.54, 1.807) is 0 Å². The summed E-state index contributed by atoms with van der Waals surface area (Å²) in [5.74, 6) is -0.114. The van der Waals surface area contributed by atoms with Crippen molar-refractivity contribution in [2.45, 2.75) is 27.7 Å². The molecule has 0 spiro atoms. The van der Waals surface area contributed by atoms with Crippen LogP contribution in [-0.4, -0.2) is 16.8 Å². The zero-order chi connectivity index (χ0) is 11.3. The van der Waals surface area contributed by atoms with E-state index in [-0.39, 0.29) is 12.4 Å². The maximum atomic E-state index is 8.67. The second-order valence-electron chi connectivity index (χ2n) is 1.53. The monoisotopic (exact) mass is 186 g/mol. The van der Waals surface area contributed by atoms with Gasteiger partial charge in [-0.15, -0.1) is 0 Å². The molecule has 0 atom stereocenters. The Hall–Kier alpha value is -1.02. The zero-order valence-electron chi connectivity index (χ0n) is 9.17. The SMILES string of the molecule is C=C/C=C(/CO)C(=C)O.CC.CC. The molecule has 2 N–H and O–H groups in total. The van der Waals surface area contributed by atoms with Crippen molar-refractivity contribution in [3.05, 3.63) is 36.6 Å². The van der Waals surface area contributed by atoms with Gasteiger partial charge in [-0.25, -0.2) is 0 Å². The van der Waals surface area contributed by atoms with Crippen LogP contribution in [0.15, 0.2) is 36.6 Å².